The summed E-state index contributed by atoms with van der Waals surface area (Å²) in [5.41, 5.74) is 6.36. The topological polar surface area (TPSA) is 29.3 Å². The molecule has 2 heterocycles. The molecule has 1 aromatic rings. The van der Waals surface area contributed by atoms with Gasteiger partial charge in [-0.3, -0.25) is 4.90 Å². The molecule has 1 saturated carbocycles. The van der Waals surface area contributed by atoms with E-state index in [0.717, 1.165) is 18.5 Å². The summed E-state index contributed by atoms with van der Waals surface area (Å²) in [6.07, 6.45) is 4.24. The van der Waals surface area contributed by atoms with E-state index in [9.17, 15) is 0 Å². The number of thiophene rings is 1. The summed E-state index contributed by atoms with van der Waals surface area (Å²) in [7, 11) is 0. The number of fused-ring (bicyclic) bond motifs is 2. The molecular formula is C16H26N2S. The van der Waals surface area contributed by atoms with E-state index in [1.807, 2.05) is 11.3 Å². The quantitative estimate of drug-likeness (QED) is 0.916. The Hall–Kier alpha value is -0.380. The molecular weight excluding hydrogens is 252 g/mol. The molecule has 0 aromatic carbocycles. The van der Waals surface area contributed by atoms with Gasteiger partial charge >= 0.3 is 0 Å². The molecule has 2 fully saturated rings. The molecule has 1 saturated heterocycles. The van der Waals surface area contributed by atoms with Gasteiger partial charge in [0, 0.05) is 28.9 Å². The first kappa shape index (κ1) is 13.6. The van der Waals surface area contributed by atoms with Gasteiger partial charge in [-0.05, 0) is 42.7 Å². The first-order chi connectivity index (χ1) is 8.99. The summed E-state index contributed by atoms with van der Waals surface area (Å²) >= 11 is 1.97. The number of nitrogens with two attached hydrogens (primary N) is 1. The highest BCUT2D eigenvalue weighted by Crippen LogP contribution is 2.43. The largest absolute Gasteiger partial charge is 0.329 e. The van der Waals surface area contributed by atoms with Crippen molar-refractivity contribution in [3.63, 3.8) is 0 Å². The molecule has 3 atom stereocenters. The minimum absolute atomic E-state index is 0.256. The smallest absolute Gasteiger partial charge is 0.0566 e. The number of rotatable bonds is 3. The van der Waals surface area contributed by atoms with Crippen LogP contribution in [0.2, 0.25) is 0 Å². The van der Waals surface area contributed by atoms with Crippen LogP contribution in [-0.2, 0) is 5.41 Å². The highest BCUT2D eigenvalue weighted by molar-refractivity contribution is 7.12. The Balaban J connectivity index is 1.81. The van der Waals surface area contributed by atoms with E-state index in [1.54, 1.807) is 0 Å². The average molecular weight is 278 g/mol. The fraction of sp³-hybridized carbons (Fsp3) is 0.750. The van der Waals surface area contributed by atoms with Crippen molar-refractivity contribution in [3.05, 3.63) is 21.9 Å². The van der Waals surface area contributed by atoms with Gasteiger partial charge in [-0.15, -0.1) is 11.3 Å². The maximum Gasteiger partial charge on any atom is 0.0566 e. The second-order valence-electron chi connectivity index (χ2n) is 7.23. The van der Waals surface area contributed by atoms with Crippen molar-refractivity contribution in [3.8, 4) is 0 Å². The number of likely N-dealkylation sites (tertiary alicyclic amines) is 1. The lowest BCUT2D eigenvalue weighted by atomic mass is 9.95. The summed E-state index contributed by atoms with van der Waals surface area (Å²) < 4.78 is 0. The molecule has 19 heavy (non-hydrogen) atoms. The summed E-state index contributed by atoms with van der Waals surface area (Å²) in [5, 5.41) is 0. The Labute approximate surface area is 121 Å². The monoisotopic (exact) mass is 278 g/mol. The highest BCUT2D eigenvalue weighted by atomic mass is 32.1. The minimum atomic E-state index is 0.256. The van der Waals surface area contributed by atoms with Crippen LogP contribution >= 0.6 is 11.3 Å². The first-order valence-corrected chi connectivity index (χ1v) is 8.36. The van der Waals surface area contributed by atoms with Crippen LogP contribution in [0.1, 0.15) is 55.8 Å². The van der Waals surface area contributed by atoms with Crippen LogP contribution in [0.4, 0.5) is 0 Å². The fourth-order valence-corrected chi connectivity index (χ4v) is 4.89. The van der Waals surface area contributed by atoms with Crippen LogP contribution in [0.3, 0.4) is 0 Å². The van der Waals surface area contributed by atoms with Crippen LogP contribution in [0.15, 0.2) is 12.1 Å². The van der Waals surface area contributed by atoms with E-state index in [2.05, 4.69) is 37.8 Å². The standard InChI is InChI=1S/C16H26N2S/c1-16(2,3)15-7-6-14(19-15)13(9-17)18-10-11-4-5-12(18)8-11/h6-7,11-13H,4-5,8-10,17H2,1-3H3. The van der Waals surface area contributed by atoms with Crippen molar-refractivity contribution in [1.82, 2.24) is 4.90 Å². The molecule has 0 amide bonds. The van der Waals surface area contributed by atoms with E-state index in [0.29, 0.717) is 6.04 Å². The van der Waals surface area contributed by atoms with E-state index in [4.69, 9.17) is 5.73 Å². The predicted molar refractivity (Wildman–Crippen MR) is 82.6 cm³/mol. The Morgan fingerprint density at radius 3 is 2.63 bits per heavy atom. The lowest BCUT2D eigenvalue weighted by Crippen LogP contribution is -2.38. The summed E-state index contributed by atoms with van der Waals surface area (Å²) in [6.45, 7) is 8.90. The summed E-state index contributed by atoms with van der Waals surface area (Å²) in [4.78, 5) is 5.64. The van der Waals surface area contributed by atoms with Crippen LogP contribution < -0.4 is 5.73 Å². The summed E-state index contributed by atoms with van der Waals surface area (Å²) in [6, 6.07) is 5.88. The maximum absolute atomic E-state index is 6.10. The molecule has 0 radical (unpaired) electrons. The number of hydrogen-bond acceptors (Lipinski definition) is 3. The zero-order valence-corrected chi connectivity index (χ0v) is 13.2. The maximum atomic E-state index is 6.10. The van der Waals surface area contributed by atoms with Crippen molar-refractivity contribution in [2.75, 3.05) is 13.1 Å². The molecule has 3 rings (SSSR count). The normalized spacial score (nSPS) is 29.1. The van der Waals surface area contributed by atoms with Crippen LogP contribution in [0, 0.1) is 5.92 Å². The van der Waals surface area contributed by atoms with Gasteiger partial charge in [-0.25, -0.2) is 0 Å². The number of piperidine rings is 1. The van der Waals surface area contributed by atoms with Crippen LogP contribution in [0.5, 0.6) is 0 Å². The average Bonchev–Trinajstić information content (AvgIpc) is 3.04. The second-order valence-corrected chi connectivity index (χ2v) is 8.35. The van der Waals surface area contributed by atoms with Crippen molar-refractivity contribution < 1.29 is 0 Å². The Morgan fingerprint density at radius 1 is 1.37 bits per heavy atom. The number of nitrogens with zero attached hydrogens (tertiary/aromatic N) is 1. The van der Waals surface area contributed by atoms with E-state index < -0.39 is 0 Å². The van der Waals surface area contributed by atoms with Gasteiger partial charge in [0.05, 0.1) is 6.04 Å². The van der Waals surface area contributed by atoms with Gasteiger partial charge in [0.25, 0.3) is 0 Å². The second kappa shape index (κ2) is 4.87. The highest BCUT2D eigenvalue weighted by Gasteiger charge is 2.41. The van der Waals surface area contributed by atoms with Crippen molar-refractivity contribution >= 4 is 11.3 Å². The molecule has 0 spiro atoms. The van der Waals surface area contributed by atoms with Crippen molar-refractivity contribution in [1.29, 1.82) is 0 Å². The third-order valence-corrected chi connectivity index (χ3v) is 6.38. The Kier molecular flexibility index (Phi) is 3.48. The van der Waals surface area contributed by atoms with E-state index in [-0.39, 0.29) is 5.41 Å². The minimum Gasteiger partial charge on any atom is -0.329 e. The first-order valence-electron chi connectivity index (χ1n) is 7.55. The van der Waals surface area contributed by atoms with Gasteiger partial charge in [0.15, 0.2) is 0 Å². The molecule has 3 heteroatoms. The zero-order valence-electron chi connectivity index (χ0n) is 12.4. The molecule has 2 nitrogen and oxygen atoms in total. The van der Waals surface area contributed by atoms with E-state index >= 15 is 0 Å². The number of hydrogen-bond donors (Lipinski definition) is 1. The Morgan fingerprint density at radius 2 is 2.16 bits per heavy atom. The molecule has 2 N–H and O–H groups in total. The van der Waals surface area contributed by atoms with Gasteiger partial charge in [0.1, 0.15) is 0 Å². The van der Waals surface area contributed by atoms with Crippen molar-refractivity contribution in [2.45, 2.75) is 57.5 Å². The fourth-order valence-electron chi connectivity index (χ4n) is 3.69. The molecule has 3 unspecified atom stereocenters. The molecule has 1 aliphatic heterocycles. The van der Waals surface area contributed by atoms with E-state index in [1.165, 1.54) is 35.6 Å². The van der Waals surface area contributed by atoms with Crippen molar-refractivity contribution in [2.24, 2.45) is 11.7 Å². The van der Waals surface area contributed by atoms with Gasteiger partial charge in [-0.1, -0.05) is 20.8 Å². The van der Waals surface area contributed by atoms with Gasteiger partial charge in [0.2, 0.25) is 0 Å². The molecule has 2 bridgehead atoms. The van der Waals surface area contributed by atoms with Crippen LogP contribution in [0.25, 0.3) is 0 Å². The molecule has 2 aliphatic rings. The SMILES string of the molecule is CC(C)(C)c1ccc(C(CN)N2CC3CCC2C3)s1. The third kappa shape index (κ3) is 2.48. The lowest BCUT2D eigenvalue weighted by Gasteiger charge is -2.33. The lowest BCUT2D eigenvalue weighted by molar-refractivity contribution is 0.155. The van der Waals surface area contributed by atoms with Gasteiger partial charge in [-0.2, -0.15) is 0 Å². The van der Waals surface area contributed by atoms with Crippen LogP contribution in [-0.4, -0.2) is 24.0 Å². The zero-order chi connectivity index (χ0) is 13.6. The predicted octanol–water partition coefficient (Wildman–Crippen LogP) is 3.53. The summed E-state index contributed by atoms with van der Waals surface area (Å²) in [5.74, 6) is 0.945. The molecule has 1 aromatic heterocycles. The molecule has 1 aliphatic carbocycles. The third-order valence-electron chi connectivity index (χ3n) is 4.77. The van der Waals surface area contributed by atoms with Gasteiger partial charge < -0.3 is 5.73 Å². The molecule has 106 valence electrons. The Bertz CT molecular complexity index is 446.